The molecule has 0 radical (unpaired) electrons. The van der Waals surface area contributed by atoms with Crippen LogP contribution in [0.5, 0.6) is 0 Å². The number of nitriles is 1. The third kappa shape index (κ3) is 4.20. The monoisotopic (exact) mass is 371 g/mol. The van der Waals surface area contributed by atoms with Gasteiger partial charge in [0.25, 0.3) is 0 Å². The number of carbonyl (C=O) groups is 2. The van der Waals surface area contributed by atoms with Crippen LogP contribution >= 0.6 is 0 Å². The fourth-order valence-electron chi connectivity index (χ4n) is 2.24. The molecule has 0 bridgehead atoms. The van der Waals surface area contributed by atoms with Crippen LogP contribution in [-0.2, 0) is 25.7 Å². The van der Waals surface area contributed by atoms with Gasteiger partial charge in [0.05, 0.1) is 18.1 Å². The van der Waals surface area contributed by atoms with Crippen molar-refractivity contribution in [3.8, 4) is 6.07 Å². The molecule has 0 spiro atoms. The molecule has 26 heavy (non-hydrogen) atoms. The fourth-order valence-corrected chi connectivity index (χ4v) is 2.24. The average Bonchev–Trinajstić information content (AvgIpc) is 3.37. The minimum Gasteiger partial charge on any atom is -0.462 e. The average molecular weight is 371 g/mol. The Balaban J connectivity index is 1.99. The zero-order chi connectivity index (χ0) is 19.4. The van der Waals surface area contributed by atoms with E-state index in [4.69, 9.17) is 10.00 Å². The van der Waals surface area contributed by atoms with Crippen molar-refractivity contribution in [2.45, 2.75) is 20.0 Å². The van der Waals surface area contributed by atoms with E-state index in [2.05, 4.69) is 4.74 Å². The van der Waals surface area contributed by atoms with E-state index in [0.717, 1.165) is 0 Å². The van der Waals surface area contributed by atoms with E-state index < -0.39 is 59.2 Å². The summed E-state index contributed by atoms with van der Waals surface area (Å²) >= 11 is 0. The molecule has 2 rings (SSSR count). The summed E-state index contributed by atoms with van der Waals surface area (Å²) in [7, 11) is 0. The Kier molecular flexibility index (Phi) is 5.97. The Morgan fingerprint density at radius 3 is 2.38 bits per heavy atom. The van der Waals surface area contributed by atoms with E-state index in [1.807, 2.05) is 0 Å². The van der Waals surface area contributed by atoms with Gasteiger partial charge in [0.1, 0.15) is 18.2 Å². The first kappa shape index (κ1) is 19.4. The van der Waals surface area contributed by atoms with Gasteiger partial charge in [-0.05, 0) is 19.3 Å². The molecule has 138 valence electrons. The van der Waals surface area contributed by atoms with Gasteiger partial charge in [-0.3, -0.25) is 4.79 Å². The standard InChI is InChI=1S/C17H13F4NO4/c1-2-25-16(23)9(6-22)3-8-4-10(8)17(24)26-7-11-14(20)12(18)5-13(19)15(11)21/h3,5,8,10H,2,4,7H2,1H3/b9-3+/t8-,10-/m1/s1. The van der Waals surface area contributed by atoms with Crippen LogP contribution in [-0.4, -0.2) is 18.5 Å². The summed E-state index contributed by atoms with van der Waals surface area (Å²) in [4.78, 5) is 23.3. The SMILES string of the molecule is CCOC(=O)/C(C#N)=C/[C@@H]1C[C@H]1C(=O)OCc1c(F)c(F)cc(F)c1F. The van der Waals surface area contributed by atoms with Gasteiger partial charge in [-0.1, -0.05) is 6.08 Å². The number of benzene rings is 1. The Morgan fingerprint density at radius 1 is 1.23 bits per heavy atom. The second-order valence-corrected chi connectivity index (χ2v) is 5.47. The van der Waals surface area contributed by atoms with E-state index in [1.165, 1.54) is 6.08 Å². The molecular formula is C17H13F4NO4. The number of nitrogens with zero attached hydrogens (tertiary/aromatic N) is 1. The van der Waals surface area contributed by atoms with Crippen molar-refractivity contribution in [2.75, 3.05) is 6.61 Å². The number of carbonyl (C=O) groups excluding carboxylic acids is 2. The maximum atomic E-state index is 13.5. The van der Waals surface area contributed by atoms with Crippen LogP contribution in [0, 0.1) is 46.4 Å². The van der Waals surface area contributed by atoms with Crippen molar-refractivity contribution in [3.05, 3.63) is 46.5 Å². The first-order chi connectivity index (χ1) is 12.3. The lowest BCUT2D eigenvalue weighted by Crippen LogP contribution is -2.12. The minimum absolute atomic E-state index is 0.0521. The van der Waals surface area contributed by atoms with Crippen LogP contribution in [0.2, 0.25) is 0 Å². The number of esters is 2. The van der Waals surface area contributed by atoms with E-state index in [1.54, 1.807) is 13.0 Å². The molecule has 0 aliphatic heterocycles. The van der Waals surface area contributed by atoms with Gasteiger partial charge in [0.2, 0.25) is 0 Å². The second kappa shape index (κ2) is 7.99. The number of halogens is 4. The number of hydrogen-bond donors (Lipinski definition) is 0. The molecule has 9 heteroatoms. The van der Waals surface area contributed by atoms with Crippen LogP contribution in [0.4, 0.5) is 17.6 Å². The highest BCUT2D eigenvalue weighted by Gasteiger charge is 2.43. The molecule has 2 atom stereocenters. The molecule has 0 heterocycles. The smallest absolute Gasteiger partial charge is 0.348 e. The summed E-state index contributed by atoms with van der Waals surface area (Å²) in [5.74, 6) is -9.37. The quantitative estimate of drug-likeness (QED) is 0.253. The predicted octanol–water partition coefficient (Wildman–Crippen LogP) is 2.94. The summed E-state index contributed by atoms with van der Waals surface area (Å²) in [6, 6.07) is 1.71. The minimum atomic E-state index is -1.64. The normalized spacial score (nSPS) is 18.8. The third-order valence-electron chi connectivity index (χ3n) is 3.70. The molecular weight excluding hydrogens is 358 g/mol. The molecule has 1 aliphatic rings. The number of ether oxygens (including phenoxy) is 2. The van der Waals surface area contributed by atoms with Crippen molar-refractivity contribution in [3.63, 3.8) is 0 Å². The zero-order valence-electron chi connectivity index (χ0n) is 13.5. The highest BCUT2D eigenvalue weighted by atomic mass is 19.2. The van der Waals surface area contributed by atoms with Crippen molar-refractivity contribution >= 4 is 11.9 Å². The number of rotatable bonds is 6. The summed E-state index contributed by atoms with van der Waals surface area (Å²) in [5, 5.41) is 8.90. The topological polar surface area (TPSA) is 76.4 Å². The lowest BCUT2D eigenvalue weighted by molar-refractivity contribution is -0.147. The van der Waals surface area contributed by atoms with Crippen LogP contribution in [0.15, 0.2) is 17.7 Å². The molecule has 1 aromatic rings. The van der Waals surface area contributed by atoms with Crippen molar-refractivity contribution < 1.29 is 36.6 Å². The van der Waals surface area contributed by atoms with Crippen LogP contribution in [0.3, 0.4) is 0 Å². The van der Waals surface area contributed by atoms with Crippen molar-refractivity contribution in [1.82, 2.24) is 0 Å². The van der Waals surface area contributed by atoms with E-state index >= 15 is 0 Å². The number of hydrogen-bond acceptors (Lipinski definition) is 5. The third-order valence-corrected chi connectivity index (χ3v) is 3.70. The summed E-state index contributed by atoms with van der Waals surface area (Å²) in [6.45, 7) is 0.661. The zero-order valence-corrected chi connectivity index (χ0v) is 13.5. The molecule has 0 saturated heterocycles. The van der Waals surface area contributed by atoms with Gasteiger partial charge in [0, 0.05) is 6.07 Å². The highest BCUT2D eigenvalue weighted by molar-refractivity contribution is 5.93. The molecule has 1 aromatic carbocycles. The van der Waals surface area contributed by atoms with Gasteiger partial charge in [-0.2, -0.15) is 5.26 Å². The Hall–Kier alpha value is -2.89. The Labute approximate surface area is 145 Å². The van der Waals surface area contributed by atoms with Crippen molar-refractivity contribution in [1.29, 1.82) is 5.26 Å². The molecule has 1 saturated carbocycles. The molecule has 5 nitrogen and oxygen atoms in total. The lowest BCUT2D eigenvalue weighted by Gasteiger charge is -2.08. The summed E-state index contributed by atoms with van der Waals surface area (Å²) in [6.07, 6.45) is 1.51. The molecule has 0 N–H and O–H groups in total. The largest absolute Gasteiger partial charge is 0.462 e. The first-order valence-corrected chi connectivity index (χ1v) is 7.57. The summed E-state index contributed by atoms with van der Waals surface area (Å²) < 4.78 is 62.5. The lowest BCUT2D eigenvalue weighted by atomic mass is 10.2. The number of allylic oxidation sites excluding steroid dienone is 1. The molecule has 1 aliphatic carbocycles. The molecule has 0 unspecified atom stereocenters. The Bertz CT molecular complexity index is 790. The van der Waals surface area contributed by atoms with Crippen LogP contribution < -0.4 is 0 Å². The van der Waals surface area contributed by atoms with Gasteiger partial charge >= 0.3 is 11.9 Å². The summed E-state index contributed by atoms with van der Waals surface area (Å²) in [5.41, 5.74) is -1.30. The second-order valence-electron chi connectivity index (χ2n) is 5.47. The molecule has 1 fully saturated rings. The van der Waals surface area contributed by atoms with Gasteiger partial charge < -0.3 is 9.47 Å². The maximum absolute atomic E-state index is 13.5. The van der Waals surface area contributed by atoms with E-state index in [9.17, 15) is 27.2 Å². The predicted molar refractivity (Wildman–Crippen MR) is 78.0 cm³/mol. The van der Waals surface area contributed by atoms with E-state index in [0.29, 0.717) is 0 Å². The first-order valence-electron chi connectivity index (χ1n) is 7.57. The molecule has 0 amide bonds. The van der Waals surface area contributed by atoms with Crippen LogP contribution in [0.1, 0.15) is 18.9 Å². The van der Waals surface area contributed by atoms with Crippen LogP contribution in [0.25, 0.3) is 0 Å². The van der Waals surface area contributed by atoms with Gasteiger partial charge in [-0.25, -0.2) is 22.4 Å². The van der Waals surface area contributed by atoms with Gasteiger partial charge in [-0.15, -0.1) is 0 Å². The molecule has 0 aromatic heterocycles. The highest BCUT2D eigenvalue weighted by Crippen LogP contribution is 2.41. The van der Waals surface area contributed by atoms with E-state index in [-0.39, 0.29) is 24.7 Å². The van der Waals surface area contributed by atoms with Gasteiger partial charge in [0.15, 0.2) is 23.3 Å². The maximum Gasteiger partial charge on any atom is 0.348 e. The van der Waals surface area contributed by atoms with Crippen molar-refractivity contribution in [2.24, 2.45) is 11.8 Å². The Morgan fingerprint density at radius 2 is 1.85 bits per heavy atom. The fraction of sp³-hybridized carbons (Fsp3) is 0.353.